The van der Waals surface area contributed by atoms with Crippen LogP contribution in [0.3, 0.4) is 0 Å². The van der Waals surface area contributed by atoms with Crippen LogP contribution in [0.25, 0.3) is 11.1 Å². The average Bonchev–Trinajstić information content (AvgIpc) is 3.40. The van der Waals surface area contributed by atoms with Gasteiger partial charge < -0.3 is 15.2 Å². The Labute approximate surface area is 211 Å². The standard InChI is InChI=1S/C18H17ClF3NO3S.C5H6N2O2/c1-26-14-3-4-15(8-14)27(24,25)17-5-2-11(7-16(17)18(20,21)22)12-6-13(19)10-23-9-12;6-3-5(1-2-5)7-4(8)9/h2,5-7,9-10,14-15H,3-4,8H2,1H3;7H,1-2H2,(H,8,9)/t14-,15-;/m1./s1. The first-order valence-electron chi connectivity index (χ1n) is 10.8. The summed E-state index contributed by atoms with van der Waals surface area (Å²) in [5, 5.41) is 18.0. The second kappa shape index (κ2) is 10.6. The highest BCUT2D eigenvalue weighted by Gasteiger charge is 2.45. The summed E-state index contributed by atoms with van der Waals surface area (Å²) < 4.78 is 71.9. The van der Waals surface area contributed by atoms with Crippen molar-refractivity contribution in [2.75, 3.05) is 7.11 Å². The number of carbonyl (C=O) groups is 1. The largest absolute Gasteiger partial charge is 0.465 e. The zero-order chi connectivity index (χ0) is 26.7. The number of alkyl halides is 3. The molecule has 13 heteroatoms. The van der Waals surface area contributed by atoms with Gasteiger partial charge in [-0.05, 0) is 55.9 Å². The number of methoxy groups -OCH3 is 1. The van der Waals surface area contributed by atoms with Crippen molar-refractivity contribution in [2.24, 2.45) is 0 Å². The first-order chi connectivity index (χ1) is 16.8. The number of carboxylic acid groups (broad SMARTS) is 1. The molecule has 0 saturated heterocycles. The first-order valence-corrected chi connectivity index (χ1v) is 12.7. The number of benzene rings is 1. The van der Waals surface area contributed by atoms with Crippen molar-refractivity contribution in [3.05, 3.63) is 47.2 Å². The molecule has 0 unspecified atom stereocenters. The highest BCUT2D eigenvalue weighted by molar-refractivity contribution is 7.92. The molecule has 194 valence electrons. The number of hydrogen-bond acceptors (Lipinski definition) is 6. The third-order valence-electron chi connectivity index (χ3n) is 6.05. The van der Waals surface area contributed by atoms with Crippen LogP contribution in [-0.2, 0) is 20.8 Å². The van der Waals surface area contributed by atoms with Crippen molar-refractivity contribution < 1.29 is 36.2 Å². The molecule has 1 heterocycles. The lowest BCUT2D eigenvalue weighted by atomic mass is 10.0. The van der Waals surface area contributed by atoms with Crippen LogP contribution in [0, 0.1) is 11.3 Å². The quantitative estimate of drug-likeness (QED) is 0.536. The predicted molar refractivity (Wildman–Crippen MR) is 124 cm³/mol. The molecule has 0 aliphatic heterocycles. The van der Waals surface area contributed by atoms with E-state index in [0.29, 0.717) is 24.8 Å². The molecule has 2 aromatic rings. The van der Waals surface area contributed by atoms with Crippen LogP contribution in [0.4, 0.5) is 18.0 Å². The summed E-state index contributed by atoms with van der Waals surface area (Å²) in [5.74, 6) is 0. The number of ether oxygens (including phenoxy) is 1. The monoisotopic (exact) mass is 545 g/mol. The average molecular weight is 546 g/mol. The number of halogens is 4. The number of sulfone groups is 1. The molecule has 2 aliphatic rings. The summed E-state index contributed by atoms with van der Waals surface area (Å²) in [4.78, 5) is 13.1. The predicted octanol–water partition coefficient (Wildman–Crippen LogP) is 5.07. The van der Waals surface area contributed by atoms with Crippen molar-refractivity contribution >= 4 is 27.5 Å². The Balaban J connectivity index is 0.000000338. The molecular weight excluding hydrogens is 523 g/mol. The molecule has 2 fully saturated rings. The Morgan fingerprint density at radius 3 is 2.42 bits per heavy atom. The minimum atomic E-state index is -4.82. The lowest BCUT2D eigenvalue weighted by molar-refractivity contribution is -0.139. The molecular formula is C23H23ClF3N3O5S. The fraction of sp³-hybridized carbons (Fsp3) is 0.435. The number of nitrogens with zero attached hydrogens (tertiary/aromatic N) is 2. The van der Waals surface area contributed by atoms with Gasteiger partial charge in [0.25, 0.3) is 0 Å². The summed E-state index contributed by atoms with van der Waals surface area (Å²) in [7, 11) is -2.68. The minimum absolute atomic E-state index is 0.191. The van der Waals surface area contributed by atoms with Crippen LogP contribution in [0.15, 0.2) is 41.6 Å². The lowest BCUT2D eigenvalue weighted by Crippen LogP contribution is -2.33. The van der Waals surface area contributed by atoms with Gasteiger partial charge in [0, 0.05) is 25.1 Å². The molecule has 2 saturated carbocycles. The number of nitriles is 1. The molecule has 2 atom stereocenters. The van der Waals surface area contributed by atoms with Gasteiger partial charge in [-0.25, -0.2) is 13.2 Å². The summed E-state index contributed by atoms with van der Waals surface area (Å²) >= 11 is 5.85. The molecule has 0 radical (unpaired) electrons. The summed E-state index contributed by atoms with van der Waals surface area (Å²) in [6, 6.07) is 6.57. The van der Waals surface area contributed by atoms with E-state index in [2.05, 4.69) is 10.3 Å². The van der Waals surface area contributed by atoms with E-state index in [9.17, 15) is 26.4 Å². The zero-order valence-electron chi connectivity index (χ0n) is 19.0. The second-order valence-electron chi connectivity index (χ2n) is 8.56. The summed E-state index contributed by atoms with van der Waals surface area (Å²) in [6.07, 6.45) is -1.18. The van der Waals surface area contributed by atoms with Gasteiger partial charge in [-0.15, -0.1) is 0 Å². The number of amides is 1. The summed E-state index contributed by atoms with van der Waals surface area (Å²) in [5.41, 5.74) is -1.35. The van der Waals surface area contributed by atoms with Crippen molar-refractivity contribution in [1.82, 2.24) is 10.3 Å². The van der Waals surface area contributed by atoms with Gasteiger partial charge in [0.15, 0.2) is 9.84 Å². The van der Waals surface area contributed by atoms with Gasteiger partial charge >= 0.3 is 12.3 Å². The van der Waals surface area contributed by atoms with Gasteiger partial charge in [0.1, 0.15) is 5.54 Å². The number of aromatic nitrogens is 1. The van der Waals surface area contributed by atoms with Gasteiger partial charge in [-0.1, -0.05) is 17.7 Å². The van der Waals surface area contributed by atoms with E-state index >= 15 is 0 Å². The Morgan fingerprint density at radius 2 is 1.94 bits per heavy atom. The van der Waals surface area contributed by atoms with E-state index in [1.165, 1.54) is 31.6 Å². The molecule has 8 nitrogen and oxygen atoms in total. The van der Waals surface area contributed by atoms with Crippen LogP contribution < -0.4 is 5.32 Å². The number of pyridine rings is 1. The van der Waals surface area contributed by atoms with Gasteiger partial charge in [0.2, 0.25) is 0 Å². The molecule has 1 aromatic carbocycles. The second-order valence-corrected chi connectivity index (χ2v) is 11.2. The van der Waals surface area contributed by atoms with Gasteiger partial charge in [-0.3, -0.25) is 4.98 Å². The third-order valence-corrected chi connectivity index (χ3v) is 8.53. The van der Waals surface area contributed by atoms with Crippen LogP contribution in [0.1, 0.15) is 37.7 Å². The normalized spacial score (nSPS) is 20.6. The zero-order valence-corrected chi connectivity index (χ0v) is 20.6. The summed E-state index contributed by atoms with van der Waals surface area (Å²) in [6.45, 7) is 0. The van der Waals surface area contributed by atoms with Crippen LogP contribution in [0.2, 0.25) is 5.02 Å². The fourth-order valence-corrected chi connectivity index (χ4v) is 6.11. The lowest BCUT2D eigenvalue weighted by Gasteiger charge is -2.18. The molecule has 0 spiro atoms. The fourth-order valence-electron chi connectivity index (χ4n) is 3.92. The number of rotatable bonds is 5. The number of hydrogen-bond donors (Lipinski definition) is 2. The maximum absolute atomic E-state index is 13.7. The van der Waals surface area contributed by atoms with E-state index in [4.69, 9.17) is 26.7 Å². The first kappa shape index (κ1) is 27.7. The molecule has 4 rings (SSSR count). The number of nitrogens with one attached hydrogen (secondary N) is 1. The molecule has 36 heavy (non-hydrogen) atoms. The van der Waals surface area contributed by atoms with Crippen molar-refractivity contribution in [1.29, 1.82) is 5.26 Å². The van der Waals surface area contributed by atoms with E-state index in [0.717, 1.165) is 12.1 Å². The third kappa shape index (κ3) is 6.46. The van der Waals surface area contributed by atoms with Crippen LogP contribution in [-0.4, -0.2) is 48.6 Å². The molecule has 1 amide bonds. The maximum Gasteiger partial charge on any atom is 0.417 e. The van der Waals surface area contributed by atoms with Crippen LogP contribution >= 0.6 is 11.6 Å². The molecule has 2 aliphatic carbocycles. The van der Waals surface area contributed by atoms with Crippen molar-refractivity contribution in [3.63, 3.8) is 0 Å². The highest BCUT2D eigenvalue weighted by atomic mass is 35.5. The maximum atomic E-state index is 13.7. The highest BCUT2D eigenvalue weighted by Crippen LogP contribution is 2.40. The van der Waals surface area contributed by atoms with Crippen molar-refractivity contribution in [2.45, 2.75) is 60.1 Å². The molecule has 2 N–H and O–H groups in total. The van der Waals surface area contributed by atoms with Crippen LogP contribution in [0.5, 0.6) is 0 Å². The van der Waals surface area contributed by atoms with E-state index in [-0.39, 0.29) is 29.5 Å². The Morgan fingerprint density at radius 1 is 1.25 bits per heavy atom. The van der Waals surface area contributed by atoms with Crippen molar-refractivity contribution in [3.8, 4) is 17.2 Å². The van der Waals surface area contributed by atoms with E-state index < -0.39 is 43.4 Å². The minimum Gasteiger partial charge on any atom is -0.465 e. The Kier molecular flexibility index (Phi) is 8.17. The topological polar surface area (TPSA) is 129 Å². The Hall–Kier alpha value is -2.88. The van der Waals surface area contributed by atoms with Gasteiger partial charge in [-0.2, -0.15) is 18.4 Å². The molecule has 1 aromatic heterocycles. The van der Waals surface area contributed by atoms with Gasteiger partial charge in [0.05, 0.1) is 32.9 Å². The Bertz CT molecular complexity index is 1280. The SMILES string of the molecule is CO[C@@H]1CC[C@@H](S(=O)(=O)c2ccc(-c3cncc(Cl)c3)cc2C(F)(F)F)C1.N#CC1(NC(=O)O)CC1. The smallest absolute Gasteiger partial charge is 0.417 e. The molecule has 0 bridgehead atoms. The van der Waals surface area contributed by atoms with E-state index in [1.54, 1.807) is 0 Å². The van der Waals surface area contributed by atoms with E-state index in [1.807, 2.05) is 6.07 Å².